The second-order valence-corrected chi connectivity index (χ2v) is 7.84. The van der Waals surface area contributed by atoms with Crippen LogP contribution in [0.25, 0.3) is 0 Å². The number of ether oxygens (including phenoxy) is 1. The van der Waals surface area contributed by atoms with Crippen LogP contribution in [0.1, 0.15) is 57.1 Å². The summed E-state index contributed by atoms with van der Waals surface area (Å²) in [7, 11) is 0. The van der Waals surface area contributed by atoms with Gasteiger partial charge in [-0.05, 0) is 43.9 Å². The van der Waals surface area contributed by atoms with Crippen LogP contribution in [0.15, 0.2) is 54.6 Å². The molecule has 0 unspecified atom stereocenters. The first kappa shape index (κ1) is 24.4. The van der Waals surface area contributed by atoms with Gasteiger partial charge in [-0.2, -0.15) is 0 Å². The molecule has 0 aliphatic carbocycles. The van der Waals surface area contributed by atoms with E-state index in [-0.39, 0.29) is 11.8 Å². The Morgan fingerprint density at radius 2 is 1.81 bits per heavy atom. The van der Waals surface area contributed by atoms with Gasteiger partial charge in [-0.1, -0.05) is 68.3 Å². The summed E-state index contributed by atoms with van der Waals surface area (Å²) in [6, 6.07) is 17.2. The van der Waals surface area contributed by atoms with Crippen LogP contribution in [-0.4, -0.2) is 35.9 Å². The molecule has 0 aromatic heterocycles. The number of amides is 2. The molecule has 31 heavy (non-hydrogen) atoms. The summed E-state index contributed by atoms with van der Waals surface area (Å²) < 4.78 is 5.72. The molecule has 0 radical (unpaired) electrons. The fourth-order valence-electron chi connectivity index (χ4n) is 3.51. The highest BCUT2D eigenvalue weighted by atomic mass is 16.5. The standard InChI is InChI=1S/C26H36N2O3/c1-4-6-17-27-26(30)24(5-2)28(20-22-13-10-12-21(3)19-22)25(29)16-11-18-31-23-14-8-7-9-15-23/h7-10,12-15,19,24H,4-6,11,16-18,20H2,1-3H3,(H,27,30)/t24-/m0/s1. The topological polar surface area (TPSA) is 58.6 Å². The van der Waals surface area contributed by atoms with Gasteiger partial charge >= 0.3 is 0 Å². The molecule has 0 heterocycles. The first-order valence-electron chi connectivity index (χ1n) is 11.4. The Bertz CT molecular complexity index is 807. The highest BCUT2D eigenvalue weighted by Crippen LogP contribution is 2.16. The van der Waals surface area contributed by atoms with Crippen molar-refractivity contribution in [1.29, 1.82) is 0 Å². The lowest BCUT2D eigenvalue weighted by Crippen LogP contribution is -2.49. The van der Waals surface area contributed by atoms with Crippen LogP contribution in [0.3, 0.4) is 0 Å². The number of carbonyl (C=O) groups excluding carboxylic acids is 2. The van der Waals surface area contributed by atoms with Crippen LogP contribution < -0.4 is 10.1 Å². The van der Waals surface area contributed by atoms with Crippen molar-refractivity contribution in [3.8, 4) is 5.75 Å². The lowest BCUT2D eigenvalue weighted by Gasteiger charge is -2.31. The Labute approximate surface area is 186 Å². The minimum atomic E-state index is -0.472. The molecule has 0 aliphatic heterocycles. The van der Waals surface area contributed by atoms with Crippen LogP contribution in [0.5, 0.6) is 5.75 Å². The van der Waals surface area contributed by atoms with Gasteiger partial charge in [-0.15, -0.1) is 0 Å². The molecule has 0 fully saturated rings. The summed E-state index contributed by atoms with van der Waals surface area (Å²) in [5.74, 6) is 0.710. The highest BCUT2D eigenvalue weighted by molar-refractivity contribution is 5.87. The quantitative estimate of drug-likeness (QED) is 0.466. The third kappa shape index (κ3) is 8.44. The number of carbonyl (C=O) groups is 2. The van der Waals surface area contributed by atoms with E-state index in [0.717, 1.165) is 29.7 Å². The lowest BCUT2D eigenvalue weighted by atomic mass is 10.1. The van der Waals surface area contributed by atoms with Crippen LogP contribution in [-0.2, 0) is 16.1 Å². The van der Waals surface area contributed by atoms with E-state index < -0.39 is 6.04 Å². The summed E-state index contributed by atoms with van der Waals surface area (Å²) in [5.41, 5.74) is 2.18. The maximum atomic E-state index is 13.2. The molecule has 0 aliphatic rings. The fourth-order valence-corrected chi connectivity index (χ4v) is 3.51. The summed E-state index contributed by atoms with van der Waals surface area (Å²) in [5, 5.41) is 3.00. The number of benzene rings is 2. The number of unbranched alkanes of at least 4 members (excludes halogenated alkanes) is 1. The highest BCUT2D eigenvalue weighted by Gasteiger charge is 2.28. The molecule has 0 spiro atoms. The van der Waals surface area contributed by atoms with E-state index in [1.54, 1.807) is 4.90 Å². The normalized spacial score (nSPS) is 11.6. The molecule has 2 aromatic rings. The third-order valence-corrected chi connectivity index (χ3v) is 5.20. The molecule has 0 saturated heterocycles. The third-order valence-electron chi connectivity index (χ3n) is 5.20. The van der Waals surface area contributed by atoms with Gasteiger partial charge in [0.25, 0.3) is 0 Å². The maximum Gasteiger partial charge on any atom is 0.242 e. The monoisotopic (exact) mass is 424 g/mol. The van der Waals surface area contributed by atoms with Crippen molar-refractivity contribution in [2.45, 2.75) is 65.5 Å². The van der Waals surface area contributed by atoms with E-state index in [0.29, 0.717) is 39.0 Å². The second kappa shape index (κ2) is 13.5. The molecule has 0 bridgehead atoms. The number of nitrogens with one attached hydrogen (secondary N) is 1. The van der Waals surface area contributed by atoms with Crippen molar-refractivity contribution in [3.63, 3.8) is 0 Å². The number of nitrogens with zero attached hydrogens (tertiary/aromatic N) is 1. The largest absolute Gasteiger partial charge is 0.494 e. The van der Waals surface area contributed by atoms with Crippen LogP contribution in [0.4, 0.5) is 0 Å². The van der Waals surface area contributed by atoms with Gasteiger partial charge in [0.05, 0.1) is 6.61 Å². The van der Waals surface area contributed by atoms with Gasteiger partial charge in [0.15, 0.2) is 0 Å². The fraction of sp³-hybridized carbons (Fsp3) is 0.462. The maximum absolute atomic E-state index is 13.2. The smallest absolute Gasteiger partial charge is 0.242 e. The molecular weight excluding hydrogens is 388 g/mol. The minimum absolute atomic E-state index is 0.0179. The van der Waals surface area contributed by atoms with Gasteiger partial charge in [0.2, 0.25) is 11.8 Å². The molecular formula is C26H36N2O3. The van der Waals surface area contributed by atoms with Gasteiger partial charge in [0.1, 0.15) is 11.8 Å². The van der Waals surface area contributed by atoms with E-state index in [4.69, 9.17) is 4.74 Å². The first-order valence-corrected chi connectivity index (χ1v) is 11.4. The van der Waals surface area contributed by atoms with Crippen LogP contribution >= 0.6 is 0 Å². The summed E-state index contributed by atoms with van der Waals surface area (Å²) in [6.07, 6.45) is 3.48. The molecule has 0 saturated carbocycles. The van der Waals surface area contributed by atoms with Crippen molar-refractivity contribution < 1.29 is 14.3 Å². The van der Waals surface area contributed by atoms with E-state index >= 15 is 0 Å². The molecule has 1 atom stereocenters. The number of rotatable bonds is 13. The second-order valence-electron chi connectivity index (χ2n) is 7.84. The Balaban J connectivity index is 2.03. The van der Waals surface area contributed by atoms with Crippen LogP contribution in [0, 0.1) is 6.92 Å². The molecule has 2 amide bonds. The Morgan fingerprint density at radius 1 is 1.03 bits per heavy atom. The number of hydrogen-bond donors (Lipinski definition) is 1. The van der Waals surface area contributed by atoms with Crippen molar-refractivity contribution in [2.24, 2.45) is 0 Å². The predicted molar refractivity (Wildman–Crippen MR) is 125 cm³/mol. The number of aryl methyl sites for hydroxylation is 1. The zero-order valence-electron chi connectivity index (χ0n) is 19.1. The number of hydrogen-bond acceptors (Lipinski definition) is 3. The van der Waals surface area contributed by atoms with Gasteiger partial charge in [-0.3, -0.25) is 9.59 Å². The molecule has 5 heteroatoms. The molecule has 2 rings (SSSR count). The molecule has 5 nitrogen and oxygen atoms in total. The predicted octanol–water partition coefficient (Wildman–Crippen LogP) is 4.88. The zero-order chi connectivity index (χ0) is 22.5. The summed E-state index contributed by atoms with van der Waals surface area (Å²) >= 11 is 0. The average molecular weight is 425 g/mol. The average Bonchev–Trinajstić information content (AvgIpc) is 2.77. The Morgan fingerprint density at radius 3 is 2.48 bits per heavy atom. The van der Waals surface area contributed by atoms with Crippen LogP contribution in [0.2, 0.25) is 0 Å². The van der Waals surface area contributed by atoms with Gasteiger partial charge in [-0.25, -0.2) is 0 Å². The van der Waals surface area contributed by atoms with Crippen molar-refractivity contribution >= 4 is 11.8 Å². The summed E-state index contributed by atoms with van der Waals surface area (Å²) in [6.45, 7) is 7.62. The van der Waals surface area contributed by atoms with Crippen molar-refractivity contribution in [1.82, 2.24) is 10.2 Å². The number of para-hydroxylation sites is 1. The molecule has 2 aromatic carbocycles. The van der Waals surface area contributed by atoms with Gasteiger partial charge in [0, 0.05) is 19.5 Å². The van der Waals surface area contributed by atoms with E-state index in [2.05, 4.69) is 18.3 Å². The van der Waals surface area contributed by atoms with Crippen molar-refractivity contribution in [3.05, 3.63) is 65.7 Å². The van der Waals surface area contributed by atoms with E-state index in [1.807, 2.05) is 62.4 Å². The Kier molecular flexibility index (Phi) is 10.6. The Hall–Kier alpha value is -2.82. The van der Waals surface area contributed by atoms with Crippen molar-refractivity contribution in [2.75, 3.05) is 13.2 Å². The van der Waals surface area contributed by atoms with E-state index in [1.165, 1.54) is 0 Å². The minimum Gasteiger partial charge on any atom is -0.494 e. The summed E-state index contributed by atoms with van der Waals surface area (Å²) in [4.78, 5) is 27.7. The zero-order valence-corrected chi connectivity index (χ0v) is 19.1. The molecule has 168 valence electrons. The lowest BCUT2D eigenvalue weighted by molar-refractivity contribution is -0.141. The first-order chi connectivity index (χ1) is 15.0. The van der Waals surface area contributed by atoms with Gasteiger partial charge < -0.3 is 15.0 Å². The SMILES string of the molecule is CCCCNC(=O)[C@H](CC)N(Cc1cccc(C)c1)C(=O)CCCOc1ccccc1. The van der Waals surface area contributed by atoms with E-state index in [9.17, 15) is 9.59 Å². The molecule has 1 N–H and O–H groups in total.